The summed E-state index contributed by atoms with van der Waals surface area (Å²) in [7, 11) is 1.54. The van der Waals surface area contributed by atoms with Crippen LogP contribution in [0.15, 0.2) is 24.3 Å². The number of carbonyl (C=O) groups is 3. The van der Waals surface area contributed by atoms with Gasteiger partial charge in [-0.3, -0.25) is 9.59 Å². The fourth-order valence-corrected chi connectivity index (χ4v) is 2.54. The van der Waals surface area contributed by atoms with Gasteiger partial charge in [-0.2, -0.15) is 0 Å². The first kappa shape index (κ1) is 15.8. The van der Waals surface area contributed by atoms with Crippen molar-refractivity contribution in [2.75, 3.05) is 13.7 Å². The molecule has 2 atom stereocenters. The number of primary amides is 1. The first-order valence-electron chi connectivity index (χ1n) is 6.87. The van der Waals surface area contributed by atoms with Crippen molar-refractivity contribution in [1.82, 2.24) is 4.90 Å². The molecule has 118 valence electrons. The highest BCUT2D eigenvalue weighted by molar-refractivity contribution is 5.91. The molecule has 3 N–H and O–H groups in total. The fourth-order valence-electron chi connectivity index (χ4n) is 2.54. The van der Waals surface area contributed by atoms with Crippen molar-refractivity contribution < 1.29 is 24.2 Å². The van der Waals surface area contributed by atoms with Gasteiger partial charge in [-0.25, -0.2) is 4.79 Å². The summed E-state index contributed by atoms with van der Waals surface area (Å²) < 4.78 is 5.05. The highest BCUT2D eigenvalue weighted by Crippen LogP contribution is 2.23. The van der Waals surface area contributed by atoms with Crippen LogP contribution in [0.3, 0.4) is 0 Å². The van der Waals surface area contributed by atoms with Crippen molar-refractivity contribution in [2.24, 2.45) is 11.7 Å². The Morgan fingerprint density at radius 1 is 1.41 bits per heavy atom. The number of ether oxygens (including phenoxy) is 1. The Morgan fingerprint density at radius 2 is 2.05 bits per heavy atom. The zero-order valence-electron chi connectivity index (χ0n) is 12.2. The average molecular weight is 306 g/mol. The van der Waals surface area contributed by atoms with Crippen LogP contribution in [0.5, 0.6) is 5.75 Å². The number of carboxylic acids is 1. The normalized spacial score (nSPS) is 19.0. The monoisotopic (exact) mass is 306 g/mol. The smallest absolute Gasteiger partial charge is 0.326 e. The minimum atomic E-state index is -1.10. The molecule has 2 rings (SSSR count). The molecule has 0 radical (unpaired) electrons. The van der Waals surface area contributed by atoms with E-state index in [-0.39, 0.29) is 25.3 Å². The molecule has 7 heteroatoms. The quantitative estimate of drug-likeness (QED) is 0.770. The van der Waals surface area contributed by atoms with Crippen LogP contribution in [0, 0.1) is 5.92 Å². The fraction of sp³-hybridized carbons (Fsp3) is 0.400. The first-order valence-corrected chi connectivity index (χ1v) is 6.87. The van der Waals surface area contributed by atoms with Gasteiger partial charge < -0.3 is 20.5 Å². The Morgan fingerprint density at radius 3 is 2.50 bits per heavy atom. The van der Waals surface area contributed by atoms with E-state index in [2.05, 4.69) is 0 Å². The van der Waals surface area contributed by atoms with Crippen LogP contribution in [-0.2, 0) is 20.8 Å². The highest BCUT2D eigenvalue weighted by atomic mass is 16.5. The molecule has 0 spiro atoms. The van der Waals surface area contributed by atoms with Gasteiger partial charge >= 0.3 is 5.97 Å². The zero-order valence-corrected chi connectivity index (χ0v) is 12.2. The third kappa shape index (κ3) is 3.36. The maximum Gasteiger partial charge on any atom is 0.326 e. The molecule has 0 aliphatic carbocycles. The van der Waals surface area contributed by atoms with Crippen LogP contribution < -0.4 is 10.5 Å². The molecule has 1 aromatic rings. The molecule has 22 heavy (non-hydrogen) atoms. The lowest BCUT2D eigenvalue weighted by atomic mass is 10.0. The van der Waals surface area contributed by atoms with Crippen LogP contribution >= 0.6 is 0 Å². The summed E-state index contributed by atoms with van der Waals surface area (Å²) in [6.45, 7) is 0.0568. The second-order valence-electron chi connectivity index (χ2n) is 5.26. The molecule has 1 aromatic carbocycles. The van der Waals surface area contributed by atoms with Crippen molar-refractivity contribution in [1.29, 1.82) is 0 Å². The van der Waals surface area contributed by atoms with Gasteiger partial charge in [-0.15, -0.1) is 0 Å². The number of aliphatic carboxylic acids is 1. The molecule has 0 aromatic heterocycles. The van der Waals surface area contributed by atoms with E-state index >= 15 is 0 Å². The lowest BCUT2D eigenvalue weighted by Gasteiger charge is -2.24. The summed E-state index contributed by atoms with van der Waals surface area (Å²) in [5, 5.41) is 9.40. The van der Waals surface area contributed by atoms with Gasteiger partial charge in [0, 0.05) is 19.4 Å². The predicted octanol–water partition coefficient (Wildman–Crippen LogP) is 0.0247. The molecule has 1 fully saturated rings. The SMILES string of the molecule is COc1ccc(C[C@@H](C(=O)O)N2CC(C(N)=O)CC2=O)cc1. The van der Waals surface area contributed by atoms with E-state index in [0.717, 1.165) is 5.56 Å². The van der Waals surface area contributed by atoms with E-state index in [4.69, 9.17) is 10.5 Å². The van der Waals surface area contributed by atoms with E-state index in [1.54, 1.807) is 31.4 Å². The number of amides is 2. The van der Waals surface area contributed by atoms with Gasteiger partial charge in [0.1, 0.15) is 11.8 Å². The van der Waals surface area contributed by atoms with E-state index < -0.39 is 23.8 Å². The lowest BCUT2D eigenvalue weighted by molar-refractivity contribution is -0.148. The maximum absolute atomic E-state index is 12.0. The van der Waals surface area contributed by atoms with Crippen molar-refractivity contribution in [2.45, 2.75) is 18.9 Å². The maximum atomic E-state index is 12.0. The molecule has 0 bridgehead atoms. The van der Waals surface area contributed by atoms with Crippen molar-refractivity contribution in [3.8, 4) is 5.75 Å². The molecule has 2 amide bonds. The number of nitrogens with two attached hydrogens (primary N) is 1. The Kier molecular flexibility index (Phi) is 4.65. The molecular weight excluding hydrogens is 288 g/mol. The minimum Gasteiger partial charge on any atom is -0.497 e. The second-order valence-corrected chi connectivity index (χ2v) is 5.26. The van der Waals surface area contributed by atoms with E-state index in [1.807, 2.05) is 0 Å². The Labute approximate surface area is 127 Å². The number of nitrogens with zero attached hydrogens (tertiary/aromatic N) is 1. The predicted molar refractivity (Wildman–Crippen MR) is 77.1 cm³/mol. The average Bonchev–Trinajstić information content (AvgIpc) is 2.87. The van der Waals surface area contributed by atoms with E-state index in [0.29, 0.717) is 5.75 Å². The number of hydrogen-bond acceptors (Lipinski definition) is 4. The first-order chi connectivity index (χ1) is 10.4. The summed E-state index contributed by atoms with van der Waals surface area (Å²) in [6, 6.07) is 5.95. The van der Waals surface area contributed by atoms with Gasteiger partial charge in [-0.1, -0.05) is 12.1 Å². The second kappa shape index (κ2) is 6.46. The van der Waals surface area contributed by atoms with Crippen LogP contribution in [0.1, 0.15) is 12.0 Å². The highest BCUT2D eigenvalue weighted by Gasteiger charge is 2.39. The molecular formula is C15H18N2O5. The number of carbonyl (C=O) groups excluding carboxylic acids is 2. The van der Waals surface area contributed by atoms with E-state index in [9.17, 15) is 19.5 Å². The van der Waals surface area contributed by atoms with Crippen LogP contribution in [-0.4, -0.2) is 47.5 Å². The molecule has 1 aliphatic heterocycles. The van der Waals surface area contributed by atoms with Gasteiger partial charge in [0.05, 0.1) is 13.0 Å². The number of methoxy groups -OCH3 is 1. The number of carboxylic acid groups (broad SMARTS) is 1. The molecule has 1 aliphatic rings. The minimum absolute atomic E-state index is 0.0261. The number of likely N-dealkylation sites (tertiary alicyclic amines) is 1. The molecule has 7 nitrogen and oxygen atoms in total. The standard InChI is InChI=1S/C15H18N2O5/c1-22-11-4-2-9(3-5-11)6-12(15(20)21)17-8-10(14(16)19)7-13(17)18/h2-5,10,12H,6-8H2,1H3,(H2,16,19)(H,20,21)/t10?,12-/m0/s1. The molecule has 1 saturated heterocycles. The largest absolute Gasteiger partial charge is 0.497 e. The zero-order chi connectivity index (χ0) is 16.3. The summed E-state index contributed by atoms with van der Waals surface area (Å²) in [6.07, 6.45) is 0.137. The molecule has 0 saturated carbocycles. The summed E-state index contributed by atoms with van der Waals surface area (Å²) >= 11 is 0. The van der Waals surface area contributed by atoms with Gasteiger partial charge in [0.25, 0.3) is 0 Å². The topological polar surface area (TPSA) is 110 Å². The van der Waals surface area contributed by atoms with Gasteiger partial charge in [0.2, 0.25) is 11.8 Å². The van der Waals surface area contributed by atoms with Crippen molar-refractivity contribution >= 4 is 17.8 Å². The molecule has 1 unspecified atom stereocenters. The van der Waals surface area contributed by atoms with Gasteiger partial charge in [0.15, 0.2) is 0 Å². The summed E-state index contributed by atoms with van der Waals surface area (Å²) in [5.74, 6) is -1.99. The van der Waals surface area contributed by atoms with Crippen molar-refractivity contribution in [3.05, 3.63) is 29.8 Å². The summed E-state index contributed by atoms with van der Waals surface area (Å²) in [5.41, 5.74) is 5.97. The van der Waals surface area contributed by atoms with Crippen LogP contribution in [0.4, 0.5) is 0 Å². The number of rotatable bonds is 6. The molecule has 1 heterocycles. The lowest BCUT2D eigenvalue weighted by Crippen LogP contribution is -2.44. The summed E-state index contributed by atoms with van der Waals surface area (Å²) in [4.78, 5) is 35.9. The van der Waals surface area contributed by atoms with E-state index in [1.165, 1.54) is 4.90 Å². The van der Waals surface area contributed by atoms with Crippen molar-refractivity contribution in [3.63, 3.8) is 0 Å². The van der Waals surface area contributed by atoms with Crippen LogP contribution in [0.25, 0.3) is 0 Å². The third-order valence-electron chi connectivity index (χ3n) is 3.81. The Hall–Kier alpha value is -2.57. The third-order valence-corrected chi connectivity index (χ3v) is 3.81. The van der Waals surface area contributed by atoms with Gasteiger partial charge in [-0.05, 0) is 17.7 Å². The Bertz CT molecular complexity index is 584. The Balaban J connectivity index is 2.14. The number of hydrogen-bond donors (Lipinski definition) is 2. The van der Waals surface area contributed by atoms with Crippen LogP contribution in [0.2, 0.25) is 0 Å². The number of benzene rings is 1.